The molecule has 0 bridgehead atoms. The average Bonchev–Trinajstić information content (AvgIpc) is 3.00. The molecule has 0 radical (unpaired) electrons. The van der Waals surface area contributed by atoms with E-state index in [1.807, 2.05) is 0 Å². The predicted molar refractivity (Wildman–Crippen MR) is 73.0 cm³/mol. The van der Waals surface area contributed by atoms with E-state index in [0.717, 1.165) is 0 Å². The van der Waals surface area contributed by atoms with E-state index in [2.05, 4.69) is 25.1 Å². The van der Waals surface area contributed by atoms with Gasteiger partial charge in [-0.1, -0.05) is 0 Å². The zero-order valence-corrected chi connectivity index (χ0v) is 12.1. The van der Waals surface area contributed by atoms with Crippen LogP contribution in [-0.2, 0) is 4.74 Å². The van der Waals surface area contributed by atoms with Crippen molar-refractivity contribution in [3.63, 3.8) is 0 Å². The molecule has 1 atom stereocenters. The van der Waals surface area contributed by atoms with Gasteiger partial charge in [0.1, 0.15) is 19.3 Å². The SMILES string of the molecule is CC(COCC(F)(F)F)NC(=O)c1ccnc(-n2cncn2)c1. The number of ether oxygens (including phenoxy) is 1. The second-order valence-corrected chi connectivity index (χ2v) is 4.75. The van der Waals surface area contributed by atoms with Crippen LogP contribution in [0.25, 0.3) is 5.82 Å². The second kappa shape index (κ2) is 7.18. The van der Waals surface area contributed by atoms with Gasteiger partial charge in [-0.25, -0.2) is 14.6 Å². The number of carbonyl (C=O) groups excluding carboxylic acids is 1. The number of alkyl halides is 3. The summed E-state index contributed by atoms with van der Waals surface area (Å²) in [6.45, 7) is -0.0427. The Kier molecular flexibility index (Phi) is 5.27. The van der Waals surface area contributed by atoms with Crippen LogP contribution in [0.5, 0.6) is 0 Å². The Morgan fingerprint density at radius 1 is 1.48 bits per heavy atom. The van der Waals surface area contributed by atoms with Crippen molar-refractivity contribution in [3.05, 3.63) is 36.5 Å². The molecule has 0 aliphatic rings. The molecule has 2 aromatic rings. The van der Waals surface area contributed by atoms with Crippen LogP contribution in [0.4, 0.5) is 13.2 Å². The van der Waals surface area contributed by atoms with Crippen LogP contribution in [-0.4, -0.2) is 51.1 Å². The highest BCUT2D eigenvalue weighted by Crippen LogP contribution is 2.14. The molecule has 0 aliphatic heterocycles. The van der Waals surface area contributed by atoms with Crippen LogP contribution in [0.1, 0.15) is 17.3 Å². The minimum atomic E-state index is -4.39. The van der Waals surface area contributed by atoms with E-state index in [0.29, 0.717) is 11.4 Å². The van der Waals surface area contributed by atoms with Gasteiger partial charge in [-0.05, 0) is 19.1 Å². The van der Waals surface area contributed by atoms with Gasteiger partial charge in [0.15, 0.2) is 5.82 Å². The number of nitrogens with zero attached hydrogens (tertiary/aromatic N) is 4. The molecule has 0 saturated carbocycles. The van der Waals surface area contributed by atoms with Crippen molar-refractivity contribution in [2.24, 2.45) is 0 Å². The molecule has 2 heterocycles. The molecule has 0 spiro atoms. The van der Waals surface area contributed by atoms with Crippen molar-refractivity contribution in [2.45, 2.75) is 19.1 Å². The van der Waals surface area contributed by atoms with Crippen LogP contribution in [0.15, 0.2) is 31.0 Å². The summed E-state index contributed by atoms with van der Waals surface area (Å²) in [5.74, 6) is -0.0481. The number of halogens is 3. The van der Waals surface area contributed by atoms with Crippen molar-refractivity contribution in [1.82, 2.24) is 25.1 Å². The normalized spacial score (nSPS) is 12.9. The number of pyridine rings is 1. The predicted octanol–water partition coefficient (Wildman–Crippen LogP) is 1.36. The summed E-state index contributed by atoms with van der Waals surface area (Å²) >= 11 is 0. The zero-order chi connectivity index (χ0) is 16.9. The third kappa shape index (κ3) is 5.33. The van der Waals surface area contributed by atoms with E-state index in [9.17, 15) is 18.0 Å². The second-order valence-electron chi connectivity index (χ2n) is 4.75. The van der Waals surface area contributed by atoms with Crippen molar-refractivity contribution < 1.29 is 22.7 Å². The molecule has 23 heavy (non-hydrogen) atoms. The fourth-order valence-electron chi connectivity index (χ4n) is 1.71. The van der Waals surface area contributed by atoms with Gasteiger partial charge < -0.3 is 10.1 Å². The van der Waals surface area contributed by atoms with Gasteiger partial charge >= 0.3 is 6.18 Å². The maximum absolute atomic E-state index is 12.1. The highest BCUT2D eigenvalue weighted by Gasteiger charge is 2.27. The number of carbonyl (C=O) groups is 1. The molecular weight excluding hydrogens is 315 g/mol. The van der Waals surface area contributed by atoms with Gasteiger partial charge in [0.05, 0.1) is 6.61 Å². The maximum Gasteiger partial charge on any atom is 0.411 e. The van der Waals surface area contributed by atoms with Crippen LogP contribution in [0, 0.1) is 0 Å². The summed E-state index contributed by atoms with van der Waals surface area (Å²) in [6.07, 6.45) is -0.204. The van der Waals surface area contributed by atoms with E-state index in [4.69, 9.17) is 0 Å². The van der Waals surface area contributed by atoms with E-state index in [1.54, 1.807) is 6.92 Å². The standard InChI is InChI=1S/C13H14F3N5O2/c1-9(5-23-6-13(14,15)16)20-12(22)10-2-3-18-11(4-10)21-8-17-7-19-21/h2-4,7-9H,5-6H2,1H3,(H,20,22). The van der Waals surface area contributed by atoms with Gasteiger partial charge in [-0.15, -0.1) is 0 Å². The van der Waals surface area contributed by atoms with Crippen LogP contribution < -0.4 is 5.32 Å². The van der Waals surface area contributed by atoms with E-state index >= 15 is 0 Å². The fraction of sp³-hybridized carbons (Fsp3) is 0.385. The van der Waals surface area contributed by atoms with Gasteiger partial charge in [-0.2, -0.15) is 18.3 Å². The van der Waals surface area contributed by atoms with E-state index < -0.39 is 24.7 Å². The molecule has 0 aromatic carbocycles. The molecule has 2 aromatic heterocycles. The number of amides is 1. The van der Waals surface area contributed by atoms with Gasteiger partial charge in [0.25, 0.3) is 5.91 Å². The lowest BCUT2D eigenvalue weighted by Crippen LogP contribution is -2.36. The molecule has 124 valence electrons. The lowest BCUT2D eigenvalue weighted by Gasteiger charge is -2.15. The monoisotopic (exact) mass is 329 g/mol. The van der Waals surface area contributed by atoms with Crippen LogP contribution >= 0.6 is 0 Å². The molecule has 0 aliphatic carbocycles. The third-order valence-electron chi connectivity index (χ3n) is 2.67. The largest absolute Gasteiger partial charge is 0.411 e. The summed E-state index contributed by atoms with van der Waals surface area (Å²) in [7, 11) is 0. The minimum Gasteiger partial charge on any atom is -0.370 e. The van der Waals surface area contributed by atoms with Crippen LogP contribution in [0.2, 0.25) is 0 Å². The lowest BCUT2D eigenvalue weighted by atomic mass is 10.2. The molecule has 10 heteroatoms. The molecule has 1 N–H and O–H groups in total. The van der Waals surface area contributed by atoms with Crippen LogP contribution in [0.3, 0.4) is 0 Å². The van der Waals surface area contributed by atoms with E-state index in [-0.39, 0.29) is 6.61 Å². The summed E-state index contributed by atoms with van der Waals surface area (Å²) in [5, 5.41) is 6.45. The Morgan fingerprint density at radius 2 is 2.26 bits per heavy atom. The number of rotatable bonds is 6. The Labute approximate surface area is 129 Å². The Bertz CT molecular complexity index is 645. The first-order chi connectivity index (χ1) is 10.8. The highest BCUT2D eigenvalue weighted by atomic mass is 19.4. The summed E-state index contributed by atoms with van der Waals surface area (Å²) < 4.78 is 41.8. The Morgan fingerprint density at radius 3 is 2.91 bits per heavy atom. The first-order valence-corrected chi connectivity index (χ1v) is 6.61. The first kappa shape index (κ1) is 16.9. The van der Waals surface area contributed by atoms with Gasteiger partial charge in [0.2, 0.25) is 0 Å². The fourth-order valence-corrected chi connectivity index (χ4v) is 1.71. The van der Waals surface area contributed by atoms with Gasteiger partial charge in [-0.3, -0.25) is 4.79 Å². The first-order valence-electron chi connectivity index (χ1n) is 6.61. The molecular formula is C13H14F3N5O2. The van der Waals surface area contributed by atoms with Crippen molar-refractivity contribution in [1.29, 1.82) is 0 Å². The van der Waals surface area contributed by atoms with Crippen molar-refractivity contribution in [3.8, 4) is 5.82 Å². The summed E-state index contributed by atoms with van der Waals surface area (Å²) in [5.41, 5.74) is 0.299. The third-order valence-corrected chi connectivity index (χ3v) is 2.67. The number of nitrogens with one attached hydrogen (secondary N) is 1. The topological polar surface area (TPSA) is 81.9 Å². The quantitative estimate of drug-likeness (QED) is 0.865. The number of aromatic nitrogens is 4. The molecule has 2 rings (SSSR count). The minimum absolute atomic E-state index is 0.244. The lowest BCUT2D eigenvalue weighted by molar-refractivity contribution is -0.174. The number of hydrogen-bond donors (Lipinski definition) is 1. The molecule has 1 amide bonds. The summed E-state index contributed by atoms with van der Waals surface area (Å²) in [6, 6.07) is 2.40. The zero-order valence-electron chi connectivity index (χ0n) is 12.1. The molecule has 7 nitrogen and oxygen atoms in total. The number of hydrogen-bond acceptors (Lipinski definition) is 5. The molecule has 1 unspecified atom stereocenters. The summed E-state index contributed by atoms with van der Waals surface area (Å²) in [4.78, 5) is 19.9. The van der Waals surface area contributed by atoms with Crippen molar-refractivity contribution in [2.75, 3.05) is 13.2 Å². The average molecular weight is 329 g/mol. The van der Waals surface area contributed by atoms with E-state index in [1.165, 1.54) is 35.7 Å². The molecule has 0 fully saturated rings. The molecule has 0 saturated heterocycles. The smallest absolute Gasteiger partial charge is 0.370 e. The maximum atomic E-state index is 12.1. The Hall–Kier alpha value is -2.49. The van der Waals surface area contributed by atoms with Gasteiger partial charge in [0, 0.05) is 17.8 Å². The highest BCUT2D eigenvalue weighted by molar-refractivity contribution is 5.94. The Balaban J connectivity index is 1.92. The van der Waals surface area contributed by atoms with Crippen molar-refractivity contribution >= 4 is 5.91 Å².